The Bertz CT molecular complexity index is 524. The van der Waals surface area contributed by atoms with E-state index in [1.54, 1.807) is 7.11 Å². The van der Waals surface area contributed by atoms with E-state index < -0.39 is 0 Å². The van der Waals surface area contributed by atoms with Gasteiger partial charge in [0, 0.05) is 38.4 Å². The van der Waals surface area contributed by atoms with Gasteiger partial charge in [0.1, 0.15) is 0 Å². The Balaban J connectivity index is 1.50. The topological polar surface area (TPSA) is 70.2 Å². The number of aromatic amines is 1. The average molecular weight is 306 g/mol. The molecule has 2 aliphatic rings. The molecule has 122 valence electrons. The van der Waals surface area contributed by atoms with Gasteiger partial charge < -0.3 is 15.0 Å². The number of aromatic nitrogens is 2. The van der Waals surface area contributed by atoms with E-state index in [0.29, 0.717) is 11.8 Å². The highest BCUT2D eigenvalue weighted by atomic mass is 16.5. The summed E-state index contributed by atoms with van der Waals surface area (Å²) in [4.78, 5) is 14.9. The molecule has 0 spiro atoms. The van der Waals surface area contributed by atoms with Crippen molar-refractivity contribution in [1.82, 2.24) is 20.4 Å². The molecule has 1 atom stereocenters. The molecule has 6 heteroatoms. The van der Waals surface area contributed by atoms with Crippen molar-refractivity contribution in [2.24, 2.45) is 5.92 Å². The zero-order valence-electron chi connectivity index (χ0n) is 13.5. The molecule has 1 aromatic heterocycles. The minimum Gasteiger partial charge on any atom is -0.383 e. The molecule has 2 fully saturated rings. The van der Waals surface area contributed by atoms with Crippen LogP contribution >= 0.6 is 0 Å². The first-order valence-electron chi connectivity index (χ1n) is 8.23. The van der Waals surface area contributed by atoms with E-state index in [2.05, 4.69) is 20.4 Å². The molecule has 1 aliphatic carbocycles. The van der Waals surface area contributed by atoms with Gasteiger partial charge in [-0.3, -0.25) is 9.89 Å². The van der Waals surface area contributed by atoms with Gasteiger partial charge >= 0.3 is 0 Å². The average Bonchev–Trinajstić information content (AvgIpc) is 3.13. The van der Waals surface area contributed by atoms with E-state index in [4.69, 9.17) is 4.74 Å². The molecule has 1 aliphatic heterocycles. The number of carbonyl (C=O) groups is 1. The number of hydrogen-bond donors (Lipinski definition) is 2. The maximum absolute atomic E-state index is 12.5. The summed E-state index contributed by atoms with van der Waals surface area (Å²) in [5.41, 5.74) is 2.62. The van der Waals surface area contributed by atoms with E-state index in [1.165, 1.54) is 0 Å². The van der Waals surface area contributed by atoms with Crippen molar-refractivity contribution in [3.63, 3.8) is 0 Å². The van der Waals surface area contributed by atoms with Crippen molar-refractivity contribution >= 4 is 5.91 Å². The second kappa shape index (κ2) is 6.79. The molecule has 3 rings (SSSR count). The maximum atomic E-state index is 12.5. The van der Waals surface area contributed by atoms with Crippen LogP contribution in [0.25, 0.3) is 0 Å². The summed E-state index contributed by atoms with van der Waals surface area (Å²) in [6.07, 6.45) is 3.45. The Labute approximate surface area is 131 Å². The third kappa shape index (κ3) is 3.50. The lowest BCUT2D eigenvalue weighted by Crippen LogP contribution is -2.32. The summed E-state index contributed by atoms with van der Waals surface area (Å²) in [7, 11) is 1.73. The molecule has 1 aromatic rings. The van der Waals surface area contributed by atoms with Crippen LogP contribution in [0.2, 0.25) is 0 Å². The molecular weight excluding hydrogens is 280 g/mol. The number of nitrogens with one attached hydrogen (secondary N) is 2. The SMILES string of the molecule is COCCN1CCC(CNC(=O)c2c(C3CC3)n[nH]c2C)C1. The molecule has 1 saturated heterocycles. The van der Waals surface area contributed by atoms with Gasteiger partial charge in [-0.05, 0) is 38.6 Å². The number of aryl methyl sites for hydroxylation is 1. The van der Waals surface area contributed by atoms with Crippen LogP contribution in [0.1, 0.15) is 46.9 Å². The number of likely N-dealkylation sites (tertiary alicyclic amines) is 1. The number of ether oxygens (including phenoxy) is 1. The van der Waals surface area contributed by atoms with Crippen LogP contribution in [0.4, 0.5) is 0 Å². The van der Waals surface area contributed by atoms with E-state index in [0.717, 1.165) is 69.0 Å². The fourth-order valence-corrected chi connectivity index (χ4v) is 3.22. The fraction of sp³-hybridized carbons (Fsp3) is 0.750. The van der Waals surface area contributed by atoms with Gasteiger partial charge in [0.15, 0.2) is 0 Å². The number of hydrogen-bond acceptors (Lipinski definition) is 4. The maximum Gasteiger partial charge on any atom is 0.255 e. The zero-order valence-corrected chi connectivity index (χ0v) is 13.5. The van der Waals surface area contributed by atoms with Crippen LogP contribution in [0.15, 0.2) is 0 Å². The lowest BCUT2D eigenvalue weighted by atomic mass is 10.1. The number of rotatable bonds is 7. The number of amides is 1. The molecule has 0 aromatic carbocycles. The van der Waals surface area contributed by atoms with Crippen molar-refractivity contribution in [3.8, 4) is 0 Å². The van der Waals surface area contributed by atoms with Crippen LogP contribution in [-0.2, 0) is 4.74 Å². The number of nitrogens with zero attached hydrogens (tertiary/aromatic N) is 2. The van der Waals surface area contributed by atoms with Gasteiger partial charge in [-0.1, -0.05) is 0 Å². The lowest BCUT2D eigenvalue weighted by Gasteiger charge is -2.15. The second-order valence-electron chi connectivity index (χ2n) is 6.54. The van der Waals surface area contributed by atoms with Gasteiger partial charge in [0.05, 0.1) is 17.9 Å². The van der Waals surface area contributed by atoms with Crippen molar-refractivity contribution < 1.29 is 9.53 Å². The van der Waals surface area contributed by atoms with Crippen LogP contribution in [0, 0.1) is 12.8 Å². The first-order chi connectivity index (χ1) is 10.7. The molecule has 6 nitrogen and oxygen atoms in total. The Morgan fingerprint density at radius 2 is 2.27 bits per heavy atom. The highest BCUT2D eigenvalue weighted by Crippen LogP contribution is 2.41. The normalized spacial score (nSPS) is 22.2. The minimum atomic E-state index is 0.0310. The van der Waals surface area contributed by atoms with E-state index in [9.17, 15) is 4.79 Å². The number of H-pyrrole nitrogens is 1. The lowest BCUT2D eigenvalue weighted by molar-refractivity contribution is 0.0945. The molecule has 0 radical (unpaired) electrons. The molecule has 2 heterocycles. The summed E-state index contributed by atoms with van der Waals surface area (Å²) in [6.45, 7) is 6.57. The van der Waals surface area contributed by atoms with Gasteiger partial charge in [-0.25, -0.2) is 0 Å². The molecule has 22 heavy (non-hydrogen) atoms. The van der Waals surface area contributed by atoms with Crippen molar-refractivity contribution in [3.05, 3.63) is 17.0 Å². The smallest absolute Gasteiger partial charge is 0.255 e. The van der Waals surface area contributed by atoms with Crippen LogP contribution < -0.4 is 5.32 Å². The summed E-state index contributed by atoms with van der Waals surface area (Å²) < 4.78 is 5.12. The fourth-order valence-electron chi connectivity index (χ4n) is 3.22. The standard InChI is InChI=1S/C16H26N4O2/c1-11-14(15(19-18-11)13-3-4-13)16(21)17-9-12-5-6-20(10-12)7-8-22-2/h12-13H,3-10H2,1-2H3,(H,17,21)(H,18,19). The highest BCUT2D eigenvalue weighted by molar-refractivity contribution is 5.96. The predicted octanol–water partition coefficient (Wildman–Crippen LogP) is 1.29. The number of methoxy groups -OCH3 is 1. The summed E-state index contributed by atoms with van der Waals surface area (Å²) in [6, 6.07) is 0. The summed E-state index contributed by atoms with van der Waals surface area (Å²) in [5.74, 6) is 1.06. The second-order valence-corrected chi connectivity index (χ2v) is 6.54. The first kappa shape index (κ1) is 15.5. The third-order valence-electron chi connectivity index (χ3n) is 4.70. The van der Waals surface area contributed by atoms with Crippen LogP contribution in [-0.4, -0.2) is 60.9 Å². The largest absolute Gasteiger partial charge is 0.383 e. The predicted molar refractivity (Wildman–Crippen MR) is 84.1 cm³/mol. The Morgan fingerprint density at radius 1 is 1.45 bits per heavy atom. The quantitative estimate of drug-likeness (QED) is 0.796. The highest BCUT2D eigenvalue weighted by Gasteiger charge is 2.32. The molecule has 1 saturated carbocycles. The Kier molecular flexibility index (Phi) is 4.78. The molecule has 0 bridgehead atoms. The van der Waals surface area contributed by atoms with Gasteiger partial charge in [0.25, 0.3) is 5.91 Å². The van der Waals surface area contributed by atoms with Crippen molar-refractivity contribution in [2.75, 3.05) is 39.9 Å². The Morgan fingerprint density at radius 3 is 3.00 bits per heavy atom. The first-order valence-corrected chi connectivity index (χ1v) is 8.23. The van der Waals surface area contributed by atoms with Crippen LogP contribution in [0.3, 0.4) is 0 Å². The number of carbonyl (C=O) groups excluding carboxylic acids is 1. The van der Waals surface area contributed by atoms with E-state index in [-0.39, 0.29) is 5.91 Å². The van der Waals surface area contributed by atoms with Crippen molar-refractivity contribution in [2.45, 2.75) is 32.1 Å². The van der Waals surface area contributed by atoms with E-state index in [1.807, 2.05) is 6.92 Å². The molecule has 1 amide bonds. The molecular formula is C16H26N4O2. The monoisotopic (exact) mass is 306 g/mol. The summed E-state index contributed by atoms with van der Waals surface area (Å²) in [5, 5.41) is 10.4. The minimum absolute atomic E-state index is 0.0310. The van der Waals surface area contributed by atoms with Gasteiger partial charge in [0.2, 0.25) is 0 Å². The van der Waals surface area contributed by atoms with Gasteiger partial charge in [-0.2, -0.15) is 5.10 Å². The molecule has 1 unspecified atom stereocenters. The van der Waals surface area contributed by atoms with Crippen molar-refractivity contribution in [1.29, 1.82) is 0 Å². The third-order valence-corrected chi connectivity index (χ3v) is 4.70. The van der Waals surface area contributed by atoms with E-state index >= 15 is 0 Å². The molecule has 2 N–H and O–H groups in total. The van der Waals surface area contributed by atoms with Gasteiger partial charge in [-0.15, -0.1) is 0 Å². The Hall–Kier alpha value is -1.40. The van der Waals surface area contributed by atoms with Crippen LogP contribution in [0.5, 0.6) is 0 Å². The summed E-state index contributed by atoms with van der Waals surface area (Å²) >= 11 is 0. The zero-order chi connectivity index (χ0) is 15.5.